The molecule has 0 saturated heterocycles. The van der Waals surface area contributed by atoms with Gasteiger partial charge in [-0.05, 0) is 46.2 Å². The van der Waals surface area contributed by atoms with Gasteiger partial charge in [-0.15, -0.1) is 0 Å². The topological polar surface area (TPSA) is 46.6 Å². The van der Waals surface area contributed by atoms with E-state index in [9.17, 15) is 12.8 Å². The minimum absolute atomic E-state index is 0.0613. The van der Waals surface area contributed by atoms with Crippen molar-refractivity contribution in [3.63, 3.8) is 0 Å². The molecule has 0 bridgehead atoms. The lowest BCUT2D eigenvalue weighted by atomic mass is 10.2. The van der Waals surface area contributed by atoms with E-state index < -0.39 is 24.2 Å². The summed E-state index contributed by atoms with van der Waals surface area (Å²) in [5, 5.41) is 0.0613. The van der Waals surface area contributed by atoms with Gasteiger partial charge in [-0.3, -0.25) is 4.31 Å². The van der Waals surface area contributed by atoms with Crippen LogP contribution in [0.15, 0.2) is 16.6 Å². The third-order valence-corrected chi connectivity index (χ3v) is 11.5. The van der Waals surface area contributed by atoms with Gasteiger partial charge in [0.05, 0.1) is 29.1 Å². The highest BCUT2D eigenvalue weighted by atomic mass is 79.9. The van der Waals surface area contributed by atoms with Crippen molar-refractivity contribution in [1.82, 2.24) is 0 Å². The van der Waals surface area contributed by atoms with Crippen LogP contribution in [-0.2, 0) is 20.2 Å². The van der Waals surface area contributed by atoms with E-state index in [-0.39, 0.29) is 27.4 Å². The van der Waals surface area contributed by atoms with Crippen molar-refractivity contribution < 1.29 is 17.2 Å². The van der Waals surface area contributed by atoms with Crippen LogP contribution in [0.4, 0.5) is 10.1 Å². The van der Waals surface area contributed by atoms with Gasteiger partial charge in [-0.1, -0.05) is 20.8 Å². The fourth-order valence-electron chi connectivity index (χ4n) is 2.22. The van der Waals surface area contributed by atoms with E-state index in [1.54, 1.807) is 6.07 Å². The highest BCUT2D eigenvalue weighted by Crippen LogP contribution is 2.39. The van der Waals surface area contributed by atoms with Gasteiger partial charge in [-0.25, -0.2) is 12.8 Å². The number of benzene rings is 1. The molecule has 0 aromatic heterocycles. The summed E-state index contributed by atoms with van der Waals surface area (Å²) >= 11 is 3.10. The van der Waals surface area contributed by atoms with E-state index >= 15 is 0 Å². The normalized spacial score (nSPS) is 17.4. The van der Waals surface area contributed by atoms with Crippen molar-refractivity contribution in [1.29, 1.82) is 0 Å². The third kappa shape index (κ3) is 3.65. The Labute approximate surface area is 147 Å². The average Bonchev–Trinajstić information content (AvgIpc) is 2.65. The molecule has 130 valence electrons. The van der Waals surface area contributed by atoms with Crippen LogP contribution in [0, 0.1) is 5.82 Å². The van der Waals surface area contributed by atoms with Crippen LogP contribution in [0.1, 0.15) is 26.3 Å². The molecule has 1 aromatic carbocycles. The van der Waals surface area contributed by atoms with Crippen LogP contribution < -0.4 is 4.31 Å². The minimum atomic E-state index is -3.53. The Kier molecular flexibility index (Phi) is 5.03. The average molecular weight is 424 g/mol. The second kappa shape index (κ2) is 6.13. The van der Waals surface area contributed by atoms with Gasteiger partial charge in [0, 0.05) is 5.56 Å². The summed E-state index contributed by atoms with van der Waals surface area (Å²) in [6, 6.07) is 3.18. The van der Waals surface area contributed by atoms with Gasteiger partial charge in [0.15, 0.2) is 8.32 Å². The number of rotatable bonds is 4. The predicted octanol–water partition coefficient (Wildman–Crippen LogP) is 4.26. The fourth-order valence-corrected chi connectivity index (χ4v) is 5.25. The maximum atomic E-state index is 14.1. The highest BCUT2D eigenvalue weighted by molar-refractivity contribution is 9.10. The van der Waals surface area contributed by atoms with Gasteiger partial charge < -0.3 is 4.43 Å². The number of fused-ring (bicyclic) bond motifs is 1. The van der Waals surface area contributed by atoms with Crippen molar-refractivity contribution in [3.05, 3.63) is 28.0 Å². The van der Waals surface area contributed by atoms with Crippen molar-refractivity contribution in [3.8, 4) is 0 Å². The molecule has 0 amide bonds. The first-order chi connectivity index (χ1) is 10.4. The van der Waals surface area contributed by atoms with E-state index in [0.29, 0.717) is 12.3 Å². The van der Waals surface area contributed by atoms with Crippen LogP contribution in [0.25, 0.3) is 0 Å². The molecule has 0 N–H and O–H groups in total. The van der Waals surface area contributed by atoms with Crippen molar-refractivity contribution in [2.75, 3.05) is 17.5 Å². The molecule has 0 fully saturated rings. The number of sulfonamides is 1. The van der Waals surface area contributed by atoms with Crippen LogP contribution in [-0.4, -0.2) is 29.9 Å². The van der Waals surface area contributed by atoms with Gasteiger partial charge in [-0.2, -0.15) is 0 Å². The lowest BCUT2D eigenvalue weighted by molar-refractivity contribution is 0.298. The second-order valence-corrected chi connectivity index (χ2v) is 14.9. The molecule has 0 radical (unpaired) electrons. The van der Waals surface area contributed by atoms with Gasteiger partial charge in [0.25, 0.3) is 0 Å². The summed E-state index contributed by atoms with van der Waals surface area (Å²) < 4.78 is 46.4. The highest BCUT2D eigenvalue weighted by Gasteiger charge is 2.39. The zero-order valence-corrected chi connectivity index (χ0v) is 17.5. The molecule has 0 saturated carbocycles. The first kappa shape index (κ1) is 18.9. The summed E-state index contributed by atoms with van der Waals surface area (Å²) in [6.45, 7) is 11.2. The Balaban J connectivity index is 2.17. The number of hydrogen-bond donors (Lipinski definition) is 0. The number of hydrogen-bond acceptors (Lipinski definition) is 3. The molecule has 2 rings (SSSR count). The summed E-state index contributed by atoms with van der Waals surface area (Å²) in [6.07, 6.45) is 0. The second-order valence-electron chi connectivity index (χ2n) is 7.30. The van der Waals surface area contributed by atoms with Crippen LogP contribution >= 0.6 is 15.9 Å². The Bertz CT molecular complexity index is 716. The quantitative estimate of drug-likeness (QED) is 0.679. The monoisotopic (exact) mass is 423 g/mol. The molecule has 1 aliphatic rings. The molecule has 4 nitrogen and oxygen atoms in total. The molecular weight excluding hydrogens is 401 g/mol. The standard InChI is InChI=1S/C15H23BrFNO3SSi/c1-15(2,3)23(4,5)21-9-8-18-13-7-6-12(16)14(17)11(13)10-22(18,19)20/h6-7H,8-10H2,1-5H3. The maximum absolute atomic E-state index is 14.1. The van der Waals surface area contributed by atoms with Crippen molar-refractivity contribution in [2.24, 2.45) is 0 Å². The molecule has 1 heterocycles. The largest absolute Gasteiger partial charge is 0.415 e. The Morgan fingerprint density at radius 2 is 1.96 bits per heavy atom. The molecule has 23 heavy (non-hydrogen) atoms. The molecule has 1 aliphatic heterocycles. The SMILES string of the molecule is CC(C)(C)[Si](C)(C)OCCN1c2ccc(Br)c(F)c2CS1(=O)=O. The van der Waals surface area contributed by atoms with E-state index in [0.717, 1.165) is 0 Å². The van der Waals surface area contributed by atoms with Crippen LogP contribution in [0.2, 0.25) is 18.1 Å². The molecule has 0 atom stereocenters. The zero-order chi connectivity index (χ0) is 17.6. The molecule has 0 aliphatic carbocycles. The molecule has 1 aromatic rings. The molecule has 0 unspecified atom stereocenters. The Hall–Kier alpha value is -0.443. The van der Waals surface area contributed by atoms with Gasteiger partial charge in [0.2, 0.25) is 10.0 Å². The van der Waals surface area contributed by atoms with E-state index in [1.165, 1.54) is 10.4 Å². The smallest absolute Gasteiger partial charge is 0.239 e. The molecular formula is C15H23BrFNO3SSi. The predicted molar refractivity (Wildman–Crippen MR) is 97.2 cm³/mol. The van der Waals surface area contributed by atoms with Crippen molar-refractivity contribution in [2.45, 2.75) is 44.7 Å². The van der Waals surface area contributed by atoms with E-state index in [2.05, 4.69) is 49.8 Å². The number of nitrogens with zero attached hydrogens (tertiary/aromatic N) is 1. The summed E-state index contributed by atoms with van der Waals surface area (Å²) in [7, 11) is -5.47. The van der Waals surface area contributed by atoms with Gasteiger partial charge in [0.1, 0.15) is 5.82 Å². The number of anilines is 1. The maximum Gasteiger partial charge on any atom is 0.239 e. The first-order valence-corrected chi connectivity index (χ1v) is 12.8. The van der Waals surface area contributed by atoms with E-state index in [4.69, 9.17) is 4.43 Å². The lowest BCUT2D eigenvalue weighted by Gasteiger charge is -2.36. The van der Waals surface area contributed by atoms with Crippen LogP contribution in [0.3, 0.4) is 0 Å². The minimum Gasteiger partial charge on any atom is -0.415 e. The van der Waals surface area contributed by atoms with Gasteiger partial charge >= 0.3 is 0 Å². The first-order valence-electron chi connectivity index (χ1n) is 7.48. The third-order valence-electron chi connectivity index (χ3n) is 4.67. The van der Waals surface area contributed by atoms with Crippen molar-refractivity contribution >= 4 is 40.0 Å². The van der Waals surface area contributed by atoms with Crippen LogP contribution in [0.5, 0.6) is 0 Å². The fraction of sp³-hybridized carbons (Fsp3) is 0.600. The molecule has 0 spiro atoms. The Morgan fingerprint density at radius 3 is 2.52 bits per heavy atom. The summed E-state index contributed by atoms with van der Waals surface area (Å²) in [5.74, 6) is -0.799. The van der Waals surface area contributed by atoms with E-state index in [1.807, 2.05) is 0 Å². The summed E-state index contributed by atoms with van der Waals surface area (Å²) in [5.41, 5.74) is 0.649. The Morgan fingerprint density at radius 1 is 1.35 bits per heavy atom. The number of halogens is 2. The zero-order valence-electron chi connectivity index (χ0n) is 14.1. The lowest BCUT2D eigenvalue weighted by Crippen LogP contribution is -2.43. The molecule has 8 heteroatoms. The summed E-state index contributed by atoms with van der Waals surface area (Å²) in [4.78, 5) is 0.